The highest BCUT2D eigenvalue weighted by Gasteiger charge is 2.17. The predicted octanol–water partition coefficient (Wildman–Crippen LogP) is 1.18. The lowest BCUT2D eigenvalue weighted by molar-refractivity contribution is -0.126. The number of nitrogens with two attached hydrogens (primary N) is 1. The summed E-state index contributed by atoms with van der Waals surface area (Å²) in [4.78, 5) is 22.2. The second-order valence-electron chi connectivity index (χ2n) is 3.54. The molecule has 0 aliphatic heterocycles. The van der Waals surface area contributed by atoms with Crippen LogP contribution in [0.2, 0.25) is 0 Å². The molecule has 0 radical (unpaired) electrons. The molecule has 0 saturated heterocycles. The summed E-state index contributed by atoms with van der Waals surface area (Å²) >= 11 is 0. The highest BCUT2D eigenvalue weighted by molar-refractivity contribution is 5.81. The van der Waals surface area contributed by atoms with Crippen molar-refractivity contribution in [2.24, 2.45) is 5.73 Å². The third-order valence-corrected chi connectivity index (χ3v) is 2.22. The van der Waals surface area contributed by atoms with Crippen LogP contribution in [0.1, 0.15) is 18.9 Å². The van der Waals surface area contributed by atoms with Crippen molar-refractivity contribution in [3.63, 3.8) is 0 Å². The Hall–Kier alpha value is -2.04. The lowest BCUT2D eigenvalue weighted by Crippen LogP contribution is -2.36. The molecule has 0 fully saturated rings. The first-order valence-electron chi connectivity index (χ1n) is 5.41. The van der Waals surface area contributed by atoms with E-state index in [0.717, 1.165) is 5.56 Å². The van der Waals surface area contributed by atoms with Gasteiger partial charge in [0.2, 0.25) is 0 Å². The van der Waals surface area contributed by atoms with Gasteiger partial charge in [0.1, 0.15) is 0 Å². The number of primary amides is 1. The number of benzene rings is 1. The molecular weight excluding hydrogens is 220 g/mol. The lowest BCUT2D eigenvalue weighted by atomic mass is 10.2. The van der Waals surface area contributed by atoms with Gasteiger partial charge < -0.3 is 15.8 Å². The van der Waals surface area contributed by atoms with Crippen molar-refractivity contribution in [2.75, 3.05) is 0 Å². The van der Waals surface area contributed by atoms with Crippen LogP contribution in [0.25, 0.3) is 0 Å². The molecule has 1 aromatic carbocycles. The van der Waals surface area contributed by atoms with E-state index in [1.54, 1.807) is 6.92 Å². The van der Waals surface area contributed by atoms with Crippen LogP contribution < -0.4 is 11.1 Å². The van der Waals surface area contributed by atoms with Crippen LogP contribution in [0, 0.1) is 0 Å². The summed E-state index contributed by atoms with van der Waals surface area (Å²) in [5.74, 6) is -0.637. The van der Waals surface area contributed by atoms with E-state index >= 15 is 0 Å². The zero-order valence-electron chi connectivity index (χ0n) is 9.68. The van der Waals surface area contributed by atoms with Gasteiger partial charge in [-0.25, -0.2) is 4.79 Å². The largest absolute Gasteiger partial charge is 0.436 e. The first kappa shape index (κ1) is 13.0. The number of carbonyl (C=O) groups is 2. The molecule has 3 N–H and O–H groups in total. The molecule has 0 unspecified atom stereocenters. The molecule has 0 aliphatic rings. The van der Waals surface area contributed by atoms with Gasteiger partial charge in [-0.3, -0.25) is 4.79 Å². The molecule has 2 amide bonds. The summed E-state index contributed by atoms with van der Waals surface area (Å²) in [6.07, 6.45) is -1.14. The van der Waals surface area contributed by atoms with Crippen molar-refractivity contribution < 1.29 is 14.3 Å². The summed E-state index contributed by atoms with van der Waals surface area (Å²) in [7, 11) is 0. The summed E-state index contributed by atoms with van der Waals surface area (Å²) in [5, 5.41) is 2.55. The van der Waals surface area contributed by atoms with E-state index in [1.165, 1.54) is 0 Å². The molecule has 5 heteroatoms. The zero-order valence-corrected chi connectivity index (χ0v) is 9.68. The van der Waals surface area contributed by atoms with Gasteiger partial charge in [-0.05, 0) is 12.0 Å². The fourth-order valence-corrected chi connectivity index (χ4v) is 1.28. The smallest absolute Gasteiger partial charge is 0.408 e. The number of alkyl carbamates (subject to hydrolysis) is 1. The van der Waals surface area contributed by atoms with Crippen molar-refractivity contribution in [1.29, 1.82) is 0 Å². The highest BCUT2D eigenvalue weighted by atomic mass is 16.6. The summed E-state index contributed by atoms with van der Waals surface area (Å²) in [6.45, 7) is 2.08. The first-order valence-corrected chi connectivity index (χ1v) is 5.41. The Morgan fingerprint density at radius 2 is 2.00 bits per heavy atom. The standard InChI is InChI=1S/C12H16N2O3/c1-2-10(11(13)15)17-12(16)14-8-9-6-4-3-5-7-9/h3-7,10H,2,8H2,1H3,(H2,13,15)(H,14,16)/t10-/m0/s1. The van der Waals surface area contributed by atoms with E-state index in [1.807, 2.05) is 30.3 Å². The molecule has 0 aliphatic carbocycles. The Morgan fingerprint density at radius 3 is 2.53 bits per heavy atom. The molecule has 1 aromatic rings. The van der Waals surface area contributed by atoms with Crippen molar-refractivity contribution in [3.8, 4) is 0 Å². The van der Waals surface area contributed by atoms with Crippen LogP contribution in [-0.2, 0) is 16.1 Å². The molecular formula is C12H16N2O3. The molecule has 0 aromatic heterocycles. The molecule has 1 rings (SSSR count). The quantitative estimate of drug-likeness (QED) is 0.805. The number of rotatable bonds is 5. The van der Waals surface area contributed by atoms with Gasteiger partial charge in [0.25, 0.3) is 5.91 Å². The SMILES string of the molecule is CC[C@H](OC(=O)NCc1ccccc1)C(N)=O. The Labute approximate surface area is 99.9 Å². The van der Waals surface area contributed by atoms with Gasteiger partial charge in [0.05, 0.1) is 0 Å². The van der Waals surface area contributed by atoms with E-state index in [4.69, 9.17) is 10.5 Å². The lowest BCUT2D eigenvalue weighted by Gasteiger charge is -2.13. The molecule has 17 heavy (non-hydrogen) atoms. The molecule has 5 nitrogen and oxygen atoms in total. The van der Waals surface area contributed by atoms with E-state index in [-0.39, 0.29) is 0 Å². The number of hydrogen-bond donors (Lipinski definition) is 2. The van der Waals surface area contributed by atoms with Crippen LogP contribution in [0.15, 0.2) is 30.3 Å². The van der Waals surface area contributed by atoms with Crippen LogP contribution in [0.4, 0.5) is 4.79 Å². The Kier molecular flexibility index (Phi) is 5.00. The van der Waals surface area contributed by atoms with Gasteiger partial charge in [0.15, 0.2) is 6.10 Å². The predicted molar refractivity (Wildman–Crippen MR) is 63.0 cm³/mol. The Bertz CT molecular complexity index is 379. The second kappa shape index (κ2) is 6.52. The molecule has 1 atom stereocenters. The third-order valence-electron chi connectivity index (χ3n) is 2.22. The average Bonchev–Trinajstić information content (AvgIpc) is 2.34. The number of carbonyl (C=O) groups excluding carboxylic acids is 2. The van der Waals surface area contributed by atoms with Gasteiger partial charge in [0, 0.05) is 6.54 Å². The minimum atomic E-state index is -0.870. The first-order chi connectivity index (χ1) is 8.13. The summed E-state index contributed by atoms with van der Waals surface area (Å²) in [6, 6.07) is 9.40. The highest BCUT2D eigenvalue weighted by Crippen LogP contribution is 2.00. The minimum absolute atomic E-state index is 0.356. The maximum Gasteiger partial charge on any atom is 0.408 e. The molecule has 92 valence electrons. The van der Waals surface area contributed by atoms with Gasteiger partial charge in [-0.1, -0.05) is 37.3 Å². The minimum Gasteiger partial charge on any atom is -0.436 e. The maximum atomic E-state index is 11.3. The van der Waals surface area contributed by atoms with Gasteiger partial charge >= 0.3 is 6.09 Å². The van der Waals surface area contributed by atoms with Crippen molar-refractivity contribution in [2.45, 2.75) is 26.0 Å². The van der Waals surface area contributed by atoms with Crippen LogP contribution in [0.3, 0.4) is 0 Å². The average molecular weight is 236 g/mol. The Morgan fingerprint density at radius 1 is 1.35 bits per heavy atom. The van der Waals surface area contributed by atoms with E-state index < -0.39 is 18.1 Å². The van der Waals surface area contributed by atoms with Crippen LogP contribution in [0.5, 0.6) is 0 Å². The van der Waals surface area contributed by atoms with Crippen molar-refractivity contribution in [1.82, 2.24) is 5.32 Å². The number of amides is 2. The van der Waals surface area contributed by atoms with Crippen molar-refractivity contribution >= 4 is 12.0 Å². The second-order valence-corrected chi connectivity index (χ2v) is 3.54. The van der Waals surface area contributed by atoms with E-state index in [9.17, 15) is 9.59 Å². The fraction of sp³-hybridized carbons (Fsp3) is 0.333. The number of nitrogens with one attached hydrogen (secondary N) is 1. The van der Waals surface area contributed by atoms with Gasteiger partial charge in [-0.15, -0.1) is 0 Å². The third kappa shape index (κ3) is 4.55. The zero-order chi connectivity index (χ0) is 12.7. The summed E-state index contributed by atoms with van der Waals surface area (Å²) in [5.41, 5.74) is 6.01. The van der Waals surface area contributed by atoms with E-state index in [2.05, 4.69) is 5.32 Å². The normalized spacial score (nSPS) is 11.6. The molecule has 0 bridgehead atoms. The molecule has 0 spiro atoms. The molecule has 0 saturated carbocycles. The summed E-state index contributed by atoms with van der Waals surface area (Å²) < 4.78 is 4.86. The maximum absolute atomic E-state index is 11.3. The topological polar surface area (TPSA) is 81.4 Å². The number of hydrogen-bond acceptors (Lipinski definition) is 3. The monoisotopic (exact) mass is 236 g/mol. The van der Waals surface area contributed by atoms with Crippen LogP contribution in [-0.4, -0.2) is 18.1 Å². The van der Waals surface area contributed by atoms with Gasteiger partial charge in [-0.2, -0.15) is 0 Å². The fourth-order valence-electron chi connectivity index (χ4n) is 1.28. The molecule has 0 heterocycles. The van der Waals surface area contributed by atoms with E-state index in [0.29, 0.717) is 13.0 Å². The Balaban J connectivity index is 2.37. The number of ether oxygens (including phenoxy) is 1. The van der Waals surface area contributed by atoms with Crippen molar-refractivity contribution in [3.05, 3.63) is 35.9 Å². The van der Waals surface area contributed by atoms with Crippen LogP contribution >= 0.6 is 0 Å².